The molecule has 1 aliphatic carbocycles. The highest BCUT2D eigenvalue weighted by atomic mass is 16.5. The van der Waals surface area contributed by atoms with Crippen molar-refractivity contribution in [2.45, 2.75) is 24.4 Å². The fourth-order valence-electron chi connectivity index (χ4n) is 2.15. The molecule has 0 amide bonds. The molecule has 14 heavy (non-hydrogen) atoms. The average Bonchev–Trinajstić information content (AvgIpc) is 2.24. The second-order valence-electron chi connectivity index (χ2n) is 4.18. The van der Waals surface area contributed by atoms with Gasteiger partial charge in [0.05, 0.1) is 5.54 Å². The van der Waals surface area contributed by atoms with Crippen LogP contribution in [0.2, 0.25) is 0 Å². The Kier molecular flexibility index (Phi) is 2.72. The van der Waals surface area contributed by atoms with E-state index in [1.165, 1.54) is 0 Å². The molecule has 1 heterocycles. The zero-order chi connectivity index (χ0) is 10.0. The summed E-state index contributed by atoms with van der Waals surface area (Å²) >= 11 is 0. The van der Waals surface area contributed by atoms with E-state index in [-0.39, 0.29) is 11.6 Å². The van der Waals surface area contributed by atoms with Gasteiger partial charge in [0, 0.05) is 19.3 Å². The molecule has 2 rings (SSSR count). The van der Waals surface area contributed by atoms with Crippen LogP contribution in [0, 0.1) is 5.92 Å². The zero-order valence-electron chi connectivity index (χ0n) is 8.36. The Bertz CT molecular complexity index is 240. The van der Waals surface area contributed by atoms with Gasteiger partial charge in [-0.25, -0.2) is 0 Å². The molecule has 1 fully saturated rings. The fourth-order valence-corrected chi connectivity index (χ4v) is 2.15. The quantitative estimate of drug-likeness (QED) is 0.600. The lowest BCUT2D eigenvalue weighted by Gasteiger charge is -2.37. The summed E-state index contributed by atoms with van der Waals surface area (Å²) in [4.78, 5) is 0. The Morgan fingerprint density at radius 3 is 2.29 bits per heavy atom. The molecule has 0 unspecified atom stereocenters. The largest absolute Gasteiger partial charge is 0.381 e. The van der Waals surface area contributed by atoms with Gasteiger partial charge < -0.3 is 16.2 Å². The van der Waals surface area contributed by atoms with E-state index < -0.39 is 0 Å². The van der Waals surface area contributed by atoms with Gasteiger partial charge in [-0.1, -0.05) is 24.3 Å². The normalized spacial score (nSPS) is 38.9. The lowest BCUT2D eigenvalue weighted by Crippen LogP contribution is -2.47. The molecule has 0 spiro atoms. The molecule has 78 valence electrons. The van der Waals surface area contributed by atoms with Crippen LogP contribution in [-0.2, 0) is 4.74 Å². The minimum Gasteiger partial charge on any atom is -0.381 e. The van der Waals surface area contributed by atoms with Gasteiger partial charge in [0.2, 0.25) is 0 Å². The molecular weight excluding hydrogens is 176 g/mol. The van der Waals surface area contributed by atoms with Crippen molar-refractivity contribution in [3.63, 3.8) is 0 Å². The lowest BCUT2D eigenvalue weighted by molar-refractivity contribution is 0.0541. The summed E-state index contributed by atoms with van der Waals surface area (Å²) in [5.41, 5.74) is 11.8. The average molecular weight is 194 g/mol. The Morgan fingerprint density at radius 1 is 1.14 bits per heavy atom. The van der Waals surface area contributed by atoms with Gasteiger partial charge in [-0.05, 0) is 18.8 Å². The first-order valence-corrected chi connectivity index (χ1v) is 5.22. The molecular formula is C11H18N2O. The van der Waals surface area contributed by atoms with Crippen LogP contribution in [0.3, 0.4) is 0 Å². The maximum atomic E-state index is 6.31. The van der Waals surface area contributed by atoms with Crippen molar-refractivity contribution in [1.82, 2.24) is 0 Å². The van der Waals surface area contributed by atoms with Crippen LogP contribution in [0.1, 0.15) is 12.8 Å². The van der Waals surface area contributed by atoms with Crippen LogP contribution in [0.4, 0.5) is 0 Å². The summed E-state index contributed by atoms with van der Waals surface area (Å²) in [5, 5.41) is 0. The van der Waals surface area contributed by atoms with E-state index in [0.29, 0.717) is 5.92 Å². The van der Waals surface area contributed by atoms with Gasteiger partial charge in [0.25, 0.3) is 0 Å². The van der Waals surface area contributed by atoms with Crippen molar-refractivity contribution in [2.24, 2.45) is 17.4 Å². The van der Waals surface area contributed by atoms with Gasteiger partial charge in [0.1, 0.15) is 0 Å². The standard InChI is InChI=1S/C11H18N2O/c12-10-1-5-11(13,6-2-10)9-3-7-14-8-4-9/h1-2,5-6,9-10H,3-4,7-8,12-13H2. The third-order valence-corrected chi connectivity index (χ3v) is 3.14. The number of rotatable bonds is 1. The van der Waals surface area contributed by atoms with E-state index in [2.05, 4.69) is 0 Å². The molecule has 0 aromatic carbocycles. The SMILES string of the molecule is NC1C=CC(N)(C2CCOCC2)C=C1. The summed E-state index contributed by atoms with van der Waals surface area (Å²) in [6.45, 7) is 1.66. The molecule has 0 bridgehead atoms. The van der Waals surface area contributed by atoms with Crippen LogP contribution in [-0.4, -0.2) is 24.8 Å². The molecule has 3 nitrogen and oxygen atoms in total. The second-order valence-corrected chi connectivity index (χ2v) is 4.18. The fraction of sp³-hybridized carbons (Fsp3) is 0.636. The van der Waals surface area contributed by atoms with Gasteiger partial charge >= 0.3 is 0 Å². The highest BCUT2D eigenvalue weighted by Gasteiger charge is 2.32. The first kappa shape index (κ1) is 9.90. The van der Waals surface area contributed by atoms with E-state index in [9.17, 15) is 0 Å². The first-order chi connectivity index (χ1) is 6.71. The summed E-state index contributed by atoms with van der Waals surface area (Å²) in [6, 6.07) is 0.0338. The molecule has 0 aromatic rings. The van der Waals surface area contributed by atoms with E-state index >= 15 is 0 Å². The number of hydrogen-bond donors (Lipinski definition) is 2. The zero-order valence-corrected chi connectivity index (χ0v) is 8.36. The smallest absolute Gasteiger partial charge is 0.0556 e. The minimum absolute atomic E-state index is 0.0338. The van der Waals surface area contributed by atoms with Crippen molar-refractivity contribution in [3.8, 4) is 0 Å². The first-order valence-electron chi connectivity index (χ1n) is 5.22. The van der Waals surface area contributed by atoms with Crippen LogP contribution in [0.15, 0.2) is 24.3 Å². The minimum atomic E-state index is -0.292. The Hall–Kier alpha value is -0.640. The monoisotopic (exact) mass is 194 g/mol. The van der Waals surface area contributed by atoms with Crippen molar-refractivity contribution in [1.29, 1.82) is 0 Å². The van der Waals surface area contributed by atoms with Crippen LogP contribution >= 0.6 is 0 Å². The molecule has 4 N–H and O–H groups in total. The molecule has 3 heteroatoms. The summed E-state index contributed by atoms with van der Waals surface area (Å²) in [7, 11) is 0. The van der Waals surface area contributed by atoms with Crippen LogP contribution in [0.25, 0.3) is 0 Å². The van der Waals surface area contributed by atoms with E-state index in [1.807, 2.05) is 24.3 Å². The lowest BCUT2D eigenvalue weighted by atomic mass is 9.77. The van der Waals surface area contributed by atoms with E-state index in [0.717, 1.165) is 26.1 Å². The molecule has 0 saturated carbocycles. The molecule has 2 aliphatic rings. The Labute approximate surface area is 84.8 Å². The number of ether oxygens (including phenoxy) is 1. The number of hydrogen-bond acceptors (Lipinski definition) is 3. The molecule has 1 saturated heterocycles. The van der Waals surface area contributed by atoms with Gasteiger partial charge in [-0.3, -0.25) is 0 Å². The second kappa shape index (κ2) is 3.85. The summed E-state index contributed by atoms with van der Waals surface area (Å²) < 4.78 is 5.33. The highest BCUT2D eigenvalue weighted by molar-refractivity contribution is 5.28. The third kappa shape index (κ3) is 1.90. The summed E-state index contributed by atoms with van der Waals surface area (Å²) in [5.74, 6) is 0.497. The molecule has 0 aromatic heterocycles. The third-order valence-electron chi connectivity index (χ3n) is 3.14. The topological polar surface area (TPSA) is 61.3 Å². The van der Waals surface area contributed by atoms with Crippen LogP contribution in [0.5, 0.6) is 0 Å². The van der Waals surface area contributed by atoms with E-state index in [1.54, 1.807) is 0 Å². The van der Waals surface area contributed by atoms with Crippen molar-refractivity contribution >= 4 is 0 Å². The summed E-state index contributed by atoms with van der Waals surface area (Å²) in [6.07, 6.45) is 10.1. The maximum absolute atomic E-state index is 6.31. The van der Waals surface area contributed by atoms with Crippen molar-refractivity contribution in [3.05, 3.63) is 24.3 Å². The van der Waals surface area contributed by atoms with Crippen molar-refractivity contribution in [2.75, 3.05) is 13.2 Å². The Morgan fingerprint density at radius 2 is 1.71 bits per heavy atom. The Balaban J connectivity index is 2.08. The molecule has 0 atom stereocenters. The van der Waals surface area contributed by atoms with Gasteiger partial charge in [-0.2, -0.15) is 0 Å². The highest BCUT2D eigenvalue weighted by Crippen LogP contribution is 2.29. The van der Waals surface area contributed by atoms with Gasteiger partial charge in [-0.15, -0.1) is 0 Å². The number of nitrogens with two attached hydrogens (primary N) is 2. The van der Waals surface area contributed by atoms with E-state index in [4.69, 9.17) is 16.2 Å². The molecule has 1 aliphatic heterocycles. The predicted octanol–water partition coefficient (Wildman–Crippen LogP) is 0.564. The van der Waals surface area contributed by atoms with Crippen LogP contribution < -0.4 is 11.5 Å². The van der Waals surface area contributed by atoms with Gasteiger partial charge in [0.15, 0.2) is 0 Å². The molecule has 0 radical (unpaired) electrons. The predicted molar refractivity (Wildman–Crippen MR) is 56.7 cm³/mol. The van der Waals surface area contributed by atoms with Crippen molar-refractivity contribution < 1.29 is 4.74 Å². The maximum Gasteiger partial charge on any atom is 0.0556 e.